The van der Waals surface area contributed by atoms with E-state index in [0.29, 0.717) is 17.2 Å². The fourth-order valence-corrected chi connectivity index (χ4v) is 2.61. The Morgan fingerprint density at radius 1 is 1.00 bits per heavy atom. The van der Waals surface area contributed by atoms with Gasteiger partial charge in [-0.25, -0.2) is 0 Å². The molecule has 5 nitrogen and oxygen atoms in total. The second-order valence-electron chi connectivity index (χ2n) is 5.10. The van der Waals surface area contributed by atoms with E-state index in [2.05, 4.69) is 0 Å². The van der Waals surface area contributed by atoms with Crippen LogP contribution in [0.2, 0.25) is 0 Å². The first kappa shape index (κ1) is 14.4. The van der Waals surface area contributed by atoms with Gasteiger partial charge in [0, 0.05) is 17.5 Å². The fourth-order valence-electron chi connectivity index (χ4n) is 2.61. The first-order valence-corrected chi connectivity index (χ1v) is 6.98. The van der Waals surface area contributed by atoms with E-state index in [1.165, 1.54) is 7.11 Å². The molecule has 0 radical (unpaired) electrons. The minimum atomic E-state index is 0.0151. The van der Waals surface area contributed by atoms with Crippen molar-refractivity contribution in [1.82, 2.24) is 0 Å². The molecule has 1 atom stereocenters. The number of ether oxygens (including phenoxy) is 4. The van der Waals surface area contributed by atoms with Crippen LogP contribution in [0.1, 0.15) is 24.0 Å². The highest BCUT2D eigenvalue weighted by atomic mass is 16.7. The number of phenols is 1. The molecule has 0 bridgehead atoms. The minimum Gasteiger partial charge on any atom is -0.504 e. The molecular weight excluding hydrogens is 284 g/mol. The van der Waals surface area contributed by atoms with Crippen LogP contribution in [0.4, 0.5) is 0 Å². The SMILES string of the molecule is COc1ccc(C(C)c2cc3c(cc2OC)OCO3)cc1O. The summed E-state index contributed by atoms with van der Waals surface area (Å²) in [6.45, 7) is 2.26. The Morgan fingerprint density at radius 2 is 1.68 bits per heavy atom. The maximum atomic E-state index is 9.97. The molecule has 1 aliphatic rings. The predicted molar refractivity (Wildman–Crippen MR) is 81.3 cm³/mol. The summed E-state index contributed by atoms with van der Waals surface area (Å²) < 4.78 is 21.4. The molecule has 2 aromatic rings. The lowest BCUT2D eigenvalue weighted by atomic mass is 9.91. The Morgan fingerprint density at radius 3 is 2.32 bits per heavy atom. The Balaban J connectivity index is 2.01. The highest BCUT2D eigenvalue weighted by molar-refractivity contribution is 5.55. The quantitative estimate of drug-likeness (QED) is 0.939. The monoisotopic (exact) mass is 302 g/mol. The summed E-state index contributed by atoms with van der Waals surface area (Å²) >= 11 is 0. The molecule has 0 saturated heterocycles. The zero-order valence-electron chi connectivity index (χ0n) is 12.8. The molecule has 1 aliphatic heterocycles. The summed E-state index contributed by atoms with van der Waals surface area (Å²) in [5.41, 5.74) is 1.92. The van der Waals surface area contributed by atoms with E-state index in [4.69, 9.17) is 18.9 Å². The highest BCUT2D eigenvalue weighted by Gasteiger charge is 2.22. The lowest BCUT2D eigenvalue weighted by molar-refractivity contribution is 0.174. The van der Waals surface area contributed by atoms with Gasteiger partial charge in [-0.3, -0.25) is 0 Å². The lowest BCUT2D eigenvalue weighted by Crippen LogP contribution is -2.00. The molecule has 0 aromatic heterocycles. The van der Waals surface area contributed by atoms with Crippen molar-refractivity contribution in [2.24, 2.45) is 0 Å². The van der Waals surface area contributed by atoms with Crippen molar-refractivity contribution in [3.63, 3.8) is 0 Å². The number of phenolic OH excluding ortho intramolecular Hbond substituents is 1. The van der Waals surface area contributed by atoms with Crippen LogP contribution in [0, 0.1) is 0 Å². The van der Waals surface area contributed by atoms with Gasteiger partial charge in [-0.2, -0.15) is 0 Å². The summed E-state index contributed by atoms with van der Waals surface area (Å²) in [6, 6.07) is 9.13. The standard InChI is InChI=1S/C17H18O5/c1-10(11-4-5-14(19-2)13(18)6-11)12-7-16-17(22-9-21-16)8-15(12)20-3/h4-8,10,18H,9H2,1-3H3. The van der Waals surface area contributed by atoms with Crippen LogP contribution in [0.5, 0.6) is 28.7 Å². The molecule has 0 aliphatic carbocycles. The van der Waals surface area contributed by atoms with Gasteiger partial charge in [0.15, 0.2) is 23.0 Å². The van der Waals surface area contributed by atoms with Crippen molar-refractivity contribution in [2.45, 2.75) is 12.8 Å². The van der Waals surface area contributed by atoms with Crippen molar-refractivity contribution in [3.05, 3.63) is 41.5 Å². The molecule has 0 saturated carbocycles. The highest BCUT2D eigenvalue weighted by Crippen LogP contribution is 2.43. The van der Waals surface area contributed by atoms with Gasteiger partial charge in [-0.15, -0.1) is 0 Å². The van der Waals surface area contributed by atoms with Crippen LogP contribution in [-0.4, -0.2) is 26.1 Å². The molecule has 22 heavy (non-hydrogen) atoms. The van der Waals surface area contributed by atoms with E-state index in [1.54, 1.807) is 19.2 Å². The number of fused-ring (bicyclic) bond motifs is 1. The molecule has 2 aromatic carbocycles. The molecular formula is C17H18O5. The Labute approximate surface area is 129 Å². The van der Waals surface area contributed by atoms with Crippen LogP contribution < -0.4 is 18.9 Å². The van der Waals surface area contributed by atoms with E-state index in [0.717, 1.165) is 16.9 Å². The smallest absolute Gasteiger partial charge is 0.231 e. The molecule has 5 heteroatoms. The van der Waals surface area contributed by atoms with E-state index < -0.39 is 0 Å². The maximum absolute atomic E-state index is 9.97. The van der Waals surface area contributed by atoms with Gasteiger partial charge >= 0.3 is 0 Å². The third-order valence-electron chi connectivity index (χ3n) is 3.89. The molecule has 1 N–H and O–H groups in total. The molecule has 0 amide bonds. The Kier molecular flexibility index (Phi) is 3.71. The predicted octanol–water partition coefficient (Wildman–Crippen LogP) is 3.29. The Hall–Kier alpha value is -2.56. The van der Waals surface area contributed by atoms with Gasteiger partial charge in [0.05, 0.1) is 14.2 Å². The van der Waals surface area contributed by atoms with Crippen molar-refractivity contribution in [3.8, 4) is 28.7 Å². The lowest BCUT2D eigenvalue weighted by Gasteiger charge is -2.17. The van der Waals surface area contributed by atoms with Gasteiger partial charge in [-0.05, 0) is 23.8 Å². The van der Waals surface area contributed by atoms with Gasteiger partial charge < -0.3 is 24.1 Å². The zero-order valence-corrected chi connectivity index (χ0v) is 12.8. The first-order valence-electron chi connectivity index (χ1n) is 6.98. The second-order valence-corrected chi connectivity index (χ2v) is 5.10. The topological polar surface area (TPSA) is 57.2 Å². The molecule has 3 rings (SSSR count). The number of methoxy groups -OCH3 is 2. The van der Waals surface area contributed by atoms with Crippen LogP contribution in [0.25, 0.3) is 0 Å². The minimum absolute atomic E-state index is 0.0151. The molecule has 116 valence electrons. The number of benzene rings is 2. The summed E-state index contributed by atoms with van der Waals surface area (Å²) in [7, 11) is 3.15. The normalized spacial score (nSPS) is 13.8. The van der Waals surface area contributed by atoms with E-state index >= 15 is 0 Å². The molecule has 0 spiro atoms. The van der Waals surface area contributed by atoms with E-state index in [-0.39, 0.29) is 18.5 Å². The van der Waals surface area contributed by atoms with Gasteiger partial charge in [0.2, 0.25) is 6.79 Å². The van der Waals surface area contributed by atoms with E-state index in [9.17, 15) is 5.11 Å². The third-order valence-corrected chi connectivity index (χ3v) is 3.89. The van der Waals surface area contributed by atoms with Gasteiger partial charge in [0.1, 0.15) is 5.75 Å². The summed E-state index contributed by atoms with van der Waals surface area (Å²) in [6.07, 6.45) is 0. The first-order chi connectivity index (χ1) is 10.6. The fraction of sp³-hybridized carbons (Fsp3) is 0.294. The summed E-state index contributed by atoms with van der Waals surface area (Å²) in [5.74, 6) is 2.71. The number of hydrogen-bond acceptors (Lipinski definition) is 5. The van der Waals surface area contributed by atoms with Crippen molar-refractivity contribution < 1.29 is 24.1 Å². The van der Waals surface area contributed by atoms with Gasteiger partial charge in [-0.1, -0.05) is 13.0 Å². The average Bonchev–Trinajstić information content (AvgIpc) is 3.00. The molecule has 1 heterocycles. The van der Waals surface area contributed by atoms with Crippen molar-refractivity contribution >= 4 is 0 Å². The van der Waals surface area contributed by atoms with E-state index in [1.807, 2.05) is 25.1 Å². The van der Waals surface area contributed by atoms with Crippen LogP contribution in [0.15, 0.2) is 30.3 Å². The summed E-state index contributed by atoms with van der Waals surface area (Å²) in [4.78, 5) is 0. The van der Waals surface area contributed by atoms with Crippen molar-refractivity contribution in [2.75, 3.05) is 21.0 Å². The van der Waals surface area contributed by atoms with Gasteiger partial charge in [0.25, 0.3) is 0 Å². The summed E-state index contributed by atoms with van der Waals surface area (Å²) in [5, 5.41) is 9.97. The molecule has 1 unspecified atom stereocenters. The maximum Gasteiger partial charge on any atom is 0.231 e. The average molecular weight is 302 g/mol. The number of rotatable bonds is 4. The van der Waals surface area contributed by atoms with Crippen LogP contribution in [-0.2, 0) is 0 Å². The third kappa shape index (κ3) is 2.39. The zero-order chi connectivity index (χ0) is 15.7. The largest absolute Gasteiger partial charge is 0.504 e. The van der Waals surface area contributed by atoms with Crippen LogP contribution >= 0.6 is 0 Å². The number of hydrogen-bond donors (Lipinski definition) is 1. The molecule has 0 fully saturated rings. The number of aromatic hydroxyl groups is 1. The Bertz CT molecular complexity index is 696. The second kappa shape index (κ2) is 5.67. The van der Waals surface area contributed by atoms with Crippen LogP contribution in [0.3, 0.4) is 0 Å². The van der Waals surface area contributed by atoms with Crippen molar-refractivity contribution in [1.29, 1.82) is 0 Å².